The Balaban J connectivity index is 3.08. The molecule has 9 heteroatoms. The van der Waals surface area contributed by atoms with Gasteiger partial charge in [-0.05, 0) is 12.3 Å². The minimum Gasteiger partial charge on any atom is -0.396 e. The minimum absolute atomic E-state index is 0.0171. The molecule has 0 radical (unpaired) electrons. The summed E-state index contributed by atoms with van der Waals surface area (Å²) in [5.74, 6) is 5.39. The number of nitrogens with two attached hydrogens (primary N) is 1. The highest BCUT2D eigenvalue weighted by atomic mass is 16.6. The first kappa shape index (κ1) is 15.1. The number of hydrazine groups is 1. The van der Waals surface area contributed by atoms with Crippen LogP contribution in [0.5, 0.6) is 0 Å². The van der Waals surface area contributed by atoms with Crippen molar-refractivity contribution >= 4 is 17.3 Å². The molecule has 0 bridgehead atoms. The highest BCUT2D eigenvalue weighted by Gasteiger charge is 2.25. The third-order valence-corrected chi connectivity index (χ3v) is 2.71. The zero-order chi connectivity index (χ0) is 14.4. The summed E-state index contributed by atoms with van der Waals surface area (Å²) in [5, 5.41) is 23.0. The van der Waals surface area contributed by atoms with Crippen molar-refractivity contribution in [3.05, 3.63) is 16.4 Å². The van der Waals surface area contributed by atoms with Gasteiger partial charge < -0.3 is 15.8 Å². The number of nitrogens with one attached hydrogen (secondary N) is 2. The van der Waals surface area contributed by atoms with Crippen LogP contribution in [0.25, 0.3) is 0 Å². The lowest BCUT2D eigenvalue weighted by molar-refractivity contribution is -0.383. The van der Waals surface area contributed by atoms with Gasteiger partial charge in [0.05, 0.1) is 4.92 Å². The minimum atomic E-state index is -0.603. The average molecular weight is 270 g/mol. The van der Waals surface area contributed by atoms with E-state index in [9.17, 15) is 10.1 Å². The molecule has 0 aliphatic heterocycles. The van der Waals surface area contributed by atoms with Gasteiger partial charge >= 0.3 is 5.69 Å². The zero-order valence-corrected chi connectivity index (χ0v) is 10.8. The summed E-state index contributed by atoms with van der Waals surface area (Å²) in [6.45, 7) is 3.88. The monoisotopic (exact) mass is 270 g/mol. The second-order valence-electron chi connectivity index (χ2n) is 4.33. The van der Waals surface area contributed by atoms with E-state index in [-0.39, 0.29) is 35.9 Å². The van der Waals surface area contributed by atoms with Crippen molar-refractivity contribution in [1.82, 2.24) is 9.97 Å². The molecule has 1 heterocycles. The van der Waals surface area contributed by atoms with E-state index >= 15 is 0 Å². The van der Waals surface area contributed by atoms with E-state index in [1.807, 2.05) is 13.8 Å². The molecule has 1 aromatic rings. The normalized spacial score (nSPS) is 12.3. The van der Waals surface area contributed by atoms with Crippen molar-refractivity contribution in [2.45, 2.75) is 26.3 Å². The topological polar surface area (TPSA) is 139 Å². The van der Waals surface area contributed by atoms with Gasteiger partial charge in [0.1, 0.15) is 6.33 Å². The largest absolute Gasteiger partial charge is 0.396 e. The van der Waals surface area contributed by atoms with Crippen LogP contribution in [0.2, 0.25) is 0 Å². The van der Waals surface area contributed by atoms with Gasteiger partial charge in [0.25, 0.3) is 0 Å². The first-order valence-corrected chi connectivity index (χ1v) is 5.84. The third-order valence-electron chi connectivity index (χ3n) is 2.71. The molecule has 1 rings (SSSR count). The Bertz CT molecular complexity index is 439. The fourth-order valence-electron chi connectivity index (χ4n) is 1.65. The summed E-state index contributed by atoms with van der Waals surface area (Å²) in [5.41, 5.74) is 1.86. The van der Waals surface area contributed by atoms with E-state index in [1.54, 1.807) is 0 Å². The molecule has 19 heavy (non-hydrogen) atoms. The summed E-state index contributed by atoms with van der Waals surface area (Å²) in [6.07, 6.45) is 1.64. The molecule has 0 spiro atoms. The fourth-order valence-corrected chi connectivity index (χ4v) is 1.65. The van der Waals surface area contributed by atoms with Gasteiger partial charge in [-0.15, -0.1) is 0 Å². The number of aromatic nitrogens is 2. The lowest BCUT2D eigenvalue weighted by Crippen LogP contribution is -2.28. The average Bonchev–Trinajstić information content (AvgIpc) is 2.37. The number of hydrogen-bond acceptors (Lipinski definition) is 8. The molecular formula is C10H18N6O3. The standard InChI is InChI=1S/C10H18N6O3/c1-6(2)7(3-4-17)14-9-8(16(18)19)10(15-11)13-5-12-9/h5-7,17H,3-4,11H2,1-2H3,(H2,12,13,14,15). The van der Waals surface area contributed by atoms with Crippen LogP contribution >= 0.6 is 0 Å². The lowest BCUT2D eigenvalue weighted by atomic mass is 10.0. The summed E-state index contributed by atoms with van der Waals surface area (Å²) in [6, 6.07) is -0.135. The molecule has 0 fully saturated rings. The fraction of sp³-hybridized carbons (Fsp3) is 0.600. The van der Waals surface area contributed by atoms with Crippen LogP contribution in [0, 0.1) is 16.0 Å². The van der Waals surface area contributed by atoms with Gasteiger partial charge in [-0.3, -0.25) is 10.1 Å². The number of anilines is 2. The Morgan fingerprint density at radius 3 is 2.58 bits per heavy atom. The van der Waals surface area contributed by atoms with Crippen molar-refractivity contribution in [3.63, 3.8) is 0 Å². The molecular weight excluding hydrogens is 252 g/mol. The molecule has 0 amide bonds. The number of nitro groups is 1. The molecule has 0 saturated carbocycles. The quantitative estimate of drug-likeness (QED) is 0.319. The lowest BCUT2D eigenvalue weighted by Gasteiger charge is -2.22. The van der Waals surface area contributed by atoms with Crippen LogP contribution in [0.3, 0.4) is 0 Å². The Labute approximate surface area is 110 Å². The van der Waals surface area contributed by atoms with Crippen molar-refractivity contribution in [1.29, 1.82) is 0 Å². The van der Waals surface area contributed by atoms with Crippen LogP contribution < -0.4 is 16.6 Å². The van der Waals surface area contributed by atoms with Crippen molar-refractivity contribution < 1.29 is 10.0 Å². The van der Waals surface area contributed by atoms with Crippen LogP contribution in [-0.2, 0) is 0 Å². The molecule has 9 nitrogen and oxygen atoms in total. The van der Waals surface area contributed by atoms with Gasteiger partial charge in [0.15, 0.2) is 0 Å². The molecule has 5 N–H and O–H groups in total. The molecule has 1 unspecified atom stereocenters. The molecule has 1 atom stereocenters. The second-order valence-corrected chi connectivity index (χ2v) is 4.33. The van der Waals surface area contributed by atoms with Gasteiger partial charge in [-0.2, -0.15) is 0 Å². The van der Waals surface area contributed by atoms with Gasteiger partial charge in [-0.25, -0.2) is 15.8 Å². The Morgan fingerprint density at radius 1 is 1.47 bits per heavy atom. The van der Waals surface area contributed by atoms with E-state index in [0.29, 0.717) is 6.42 Å². The highest BCUT2D eigenvalue weighted by Crippen LogP contribution is 2.29. The highest BCUT2D eigenvalue weighted by molar-refractivity contribution is 5.69. The molecule has 0 aliphatic rings. The van der Waals surface area contributed by atoms with Crippen LogP contribution in [0.15, 0.2) is 6.33 Å². The van der Waals surface area contributed by atoms with E-state index < -0.39 is 4.92 Å². The number of nitrogens with zero attached hydrogens (tertiary/aromatic N) is 3. The number of rotatable bonds is 7. The first-order chi connectivity index (χ1) is 9.01. The van der Waals surface area contributed by atoms with Gasteiger partial charge in [-0.1, -0.05) is 13.8 Å². The SMILES string of the molecule is CC(C)C(CCO)Nc1ncnc(NN)c1[N+](=O)[O-]. The maximum Gasteiger partial charge on any atom is 0.354 e. The van der Waals surface area contributed by atoms with Gasteiger partial charge in [0.2, 0.25) is 11.6 Å². The predicted molar refractivity (Wildman–Crippen MR) is 70.4 cm³/mol. The number of nitrogen functional groups attached to an aromatic ring is 1. The second kappa shape index (κ2) is 6.81. The summed E-state index contributed by atoms with van der Waals surface area (Å²) in [7, 11) is 0. The molecule has 106 valence electrons. The van der Waals surface area contributed by atoms with Crippen molar-refractivity contribution in [2.24, 2.45) is 11.8 Å². The maximum absolute atomic E-state index is 11.1. The third kappa shape index (κ3) is 3.73. The smallest absolute Gasteiger partial charge is 0.354 e. The molecule has 0 aromatic carbocycles. The van der Waals surface area contributed by atoms with Crippen LogP contribution in [0.1, 0.15) is 20.3 Å². The number of hydrogen-bond donors (Lipinski definition) is 4. The zero-order valence-electron chi connectivity index (χ0n) is 10.8. The summed E-state index contributed by atoms with van der Waals surface area (Å²) >= 11 is 0. The van der Waals surface area contributed by atoms with Gasteiger partial charge in [0, 0.05) is 12.6 Å². The Morgan fingerprint density at radius 2 is 2.11 bits per heavy atom. The maximum atomic E-state index is 11.1. The molecule has 0 aliphatic carbocycles. The van der Waals surface area contributed by atoms with E-state index in [4.69, 9.17) is 10.9 Å². The van der Waals surface area contributed by atoms with Crippen molar-refractivity contribution in [3.8, 4) is 0 Å². The predicted octanol–water partition coefficient (Wildman–Crippen LogP) is 0.489. The molecule has 1 aromatic heterocycles. The van der Waals surface area contributed by atoms with Crippen LogP contribution in [0.4, 0.5) is 17.3 Å². The van der Waals surface area contributed by atoms with E-state index in [1.165, 1.54) is 6.33 Å². The number of aliphatic hydroxyl groups is 1. The Hall–Kier alpha value is -2.00. The van der Waals surface area contributed by atoms with Crippen LogP contribution in [-0.4, -0.2) is 32.6 Å². The van der Waals surface area contributed by atoms with E-state index in [2.05, 4.69) is 20.7 Å². The van der Waals surface area contributed by atoms with Crippen molar-refractivity contribution in [2.75, 3.05) is 17.3 Å². The first-order valence-electron chi connectivity index (χ1n) is 5.84. The Kier molecular flexibility index (Phi) is 5.39. The summed E-state index contributed by atoms with van der Waals surface area (Å²) in [4.78, 5) is 18.0. The number of aliphatic hydroxyl groups excluding tert-OH is 1. The van der Waals surface area contributed by atoms with E-state index in [0.717, 1.165) is 0 Å². The summed E-state index contributed by atoms with van der Waals surface area (Å²) < 4.78 is 0. The molecule has 0 saturated heterocycles.